The van der Waals surface area contributed by atoms with Crippen molar-refractivity contribution in [3.63, 3.8) is 0 Å². The molecule has 0 radical (unpaired) electrons. The van der Waals surface area contributed by atoms with Gasteiger partial charge in [-0.2, -0.15) is 0 Å². The van der Waals surface area contributed by atoms with Crippen molar-refractivity contribution < 1.29 is 23.6 Å². The molecule has 0 N–H and O–H groups in total. The minimum Gasteiger partial charge on any atom is -0.469 e. The molecule has 0 rings (SSSR count). The lowest BCUT2D eigenvalue weighted by Gasteiger charge is -2.13. The molecule has 0 aromatic heterocycles. The van der Waals surface area contributed by atoms with Gasteiger partial charge in [-0.1, -0.05) is 0 Å². The van der Waals surface area contributed by atoms with E-state index in [9.17, 15) is 9.59 Å². The van der Waals surface area contributed by atoms with Crippen LogP contribution in [0, 0.1) is 0 Å². The quantitative estimate of drug-likeness (QED) is 0.235. The third-order valence-electron chi connectivity index (χ3n) is 1.86. The van der Waals surface area contributed by atoms with Crippen molar-refractivity contribution in [1.29, 1.82) is 0 Å². The van der Waals surface area contributed by atoms with Crippen LogP contribution in [0.4, 0.5) is 0 Å². The topological polar surface area (TPSA) is 74.2 Å². The fraction of sp³-hybridized carbons (Fsp3) is 0.583. The van der Waals surface area contributed by atoms with E-state index in [1.54, 1.807) is 0 Å². The highest BCUT2D eigenvalue weighted by molar-refractivity contribution is 6.69. The molecule has 0 heterocycles. The summed E-state index contributed by atoms with van der Waals surface area (Å²) in [4.78, 5) is 22.1. The Balaban J connectivity index is 4.68. The minimum atomic E-state index is -1.80. The molecule has 0 aliphatic heterocycles. The Morgan fingerprint density at radius 3 is 2.16 bits per heavy atom. The molecule has 0 spiro atoms. The van der Waals surface area contributed by atoms with Crippen LogP contribution in [-0.4, -0.2) is 40.2 Å². The standard InChI is InChI=1S/C12H21NO5Si/c1-16-11(14)8-6-10(7-9-12(15)17-2)13-18-19(3,4)5/h6,8H,7,9H2,1-5H3/b8-6+,13-10-. The molecule has 0 saturated carbocycles. The zero-order chi connectivity index (χ0) is 14.9. The maximum absolute atomic E-state index is 11.1. The van der Waals surface area contributed by atoms with E-state index >= 15 is 0 Å². The number of hydrogen-bond donors (Lipinski definition) is 0. The summed E-state index contributed by atoms with van der Waals surface area (Å²) in [5.41, 5.74) is 0.498. The lowest BCUT2D eigenvalue weighted by molar-refractivity contribution is -0.140. The van der Waals surface area contributed by atoms with Crippen LogP contribution in [0.2, 0.25) is 19.6 Å². The van der Waals surface area contributed by atoms with Crippen LogP contribution in [0.25, 0.3) is 0 Å². The van der Waals surface area contributed by atoms with Crippen LogP contribution in [0.15, 0.2) is 17.3 Å². The van der Waals surface area contributed by atoms with Crippen LogP contribution >= 0.6 is 0 Å². The van der Waals surface area contributed by atoms with Crippen molar-refractivity contribution in [1.82, 2.24) is 0 Å². The highest BCUT2D eigenvalue weighted by atomic mass is 28.4. The number of nitrogens with zero attached hydrogens (tertiary/aromatic N) is 1. The summed E-state index contributed by atoms with van der Waals surface area (Å²) in [7, 11) is 0.807. The molecule has 0 aliphatic rings. The van der Waals surface area contributed by atoms with E-state index in [1.165, 1.54) is 26.4 Å². The molecular formula is C12H21NO5Si. The predicted octanol–water partition coefficient (Wildman–Crippen LogP) is 1.88. The highest BCUT2D eigenvalue weighted by Crippen LogP contribution is 2.06. The molecule has 0 unspecified atom stereocenters. The molecule has 0 aliphatic carbocycles. The zero-order valence-corrected chi connectivity index (χ0v) is 13.1. The Morgan fingerprint density at radius 1 is 1.05 bits per heavy atom. The zero-order valence-electron chi connectivity index (χ0n) is 12.1. The van der Waals surface area contributed by atoms with Gasteiger partial charge in [0, 0.05) is 12.5 Å². The van der Waals surface area contributed by atoms with Gasteiger partial charge in [-0.05, 0) is 25.7 Å². The van der Waals surface area contributed by atoms with Crippen LogP contribution in [0.1, 0.15) is 12.8 Å². The Kier molecular flexibility index (Phi) is 7.74. The number of carbonyl (C=O) groups excluding carboxylic acids is 2. The van der Waals surface area contributed by atoms with Crippen LogP contribution in [0.5, 0.6) is 0 Å². The Morgan fingerprint density at radius 2 is 1.68 bits per heavy atom. The van der Waals surface area contributed by atoms with Gasteiger partial charge < -0.3 is 14.0 Å². The summed E-state index contributed by atoms with van der Waals surface area (Å²) in [6.07, 6.45) is 3.24. The van der Waals surface area contributed by atoms with E-state index in [-0.39, 0.29) is 12.4 Å². The Labute approximate surface area is 114 Å². The normalized spacial score (nSPS) is 12.4. The minimum absolute atomic E-state index is 0.176. The number of esters is 2. The van der Waals surface area contributed by atoms with Crippen molar-refractivity contribution >= 4 is 26.0 Å². The summed E-state index contributed by atoms with van der Waals surface area (Å²) in [6.45, 7) is 5.95. The van der Waals surface area contributed by atoms with E-state index in [0.29, 0.717) is 12.1 Å². The fourth-order valence-electron chi connectivity index (χ4n) is 0.919. The monoisotopic (exact) mass is 287 g/mol. The molecule has 6 nitrogen and oxygen atoms in total. The summed E-state index contributed by atoms with van der Waals surface area (Å²) in [5, 5.41) is 3.98. The van der Waals surface area contributed by atoms with Crippen molar-refractivity contribution in [3.05, 3.63) is 12.2 Å². The third-order valence-corrected chi connectivity index (χ3v) is 2.50. The van der Waals surface area contributed by atoms with Gasteiger partial charge in [-0.3, -0.25) is 4.79 Å². The molecule has 0 aromatic rings. The van der Waals surface area contributed by atoms with E-state index in [4.69, 9.17) is 4.53 Å². The fourth-order valence-corrected chi connectivity index (χ4v) is 1.31. The molecule has 0 atom stereocenters. The first-order valence-corrected chi connectivity index (χ1v) is 9.27. The Bertz CT molecular complexity index is 371. The molecule has 0 amide bonds. The van der Waals surface area contributed by atoms with Gasteiger partial charge >= 0.3 is 11.9 Å². The maximum atomic E-state index is 11.1. The highest BCUT2D eigenvalue weighted by Gasteiger charge is 2.16. The second kappa shape index (κ2) is 8.47. The van der Waals surface area contributed by atoms with Gasteiger partial charge in [0.05, 0.1) is 26.4 Å². The summed E-state index contributed by atoms with van der Waals surface area (Å²) < 4.78 is 14.4. The second-order valence-corrected chi connectivity index (χ2v) is 9.13. The summed E-state index contributed by atoms with van der Waals surface area (Å²) >= 11 is 0. The molecule has 0 saturated heterocycles. The number of oxime groups is 1. The van der Waals surface area contributed by atoms with Gasteiger partial charge in [-0.15, -0.1) is 5.16 Å². The van der Waals surface area contributed by atoms with Crippen molar-refractivity contribution in [2.45, 2.75) is 32.5 Å². The second-order valence-electron chi connectivity index (χ2n) is 4.72. The van der Waals surface area contributed by atoms with Gasteiger partial charge in [0.25, 0.3) is 8.32 Å². The number of methoxy groups -OCH3 is 2. The average Bonchev–Trinajstić information content (AvgIpc) is 2.35. The van der Waals surface area contributed by atoms with Crippen molar-refractivity contribution in [2.75, 3.05) is 14.2 Å². The van der Waals surface area contributed by atoms with E-state index < -0.39 is 14.3 Å². The van der Waals surface area contributed by atoms with Gasteiger partial charge in [-0.25, -0.2) is 4.79 Å². The number of rotatable bonds is 7. The van der Waals surface area contributed by atoms with E-state index in [1.807, 2.05) is 19.6 Å². The van der Waals surface area contributed by atoms with Gasteiger partial charge in [0.2, 0.25) is 0 Å². The number of ether oxygens (including phenoxy) is 2. The maximum Gasteiger partial charge on any atom is 0.330 e. The number of hydrogen-bond acceptors (Lipinski definition) is 6. The first-order valence-electron chi connectivity index (χ1n) is 5.86. The largest absolute Gasteiger partial charge is 0.469 e. The van der Waals surface area contributed by atoms with Crippen molar-refractivity contribution in [2.24, 2.45) is 5.16 Å². The van der Waals surface area contributed by atoms with E-state index in [0.717, 1.165) is 0 Å². The molecule has 0 aromatic carbocycles. The average molecular weight is 287 g/mol. The molecule has 108 valence electrons. The van der Waals surface area contributed by atoms with Crippen LogP contribution < -0.4 is 0 Å². The van der Waals surface area contributed by atoms with Gasteiger partial charge in [0.15, 0.2) is 0 Å². The number of allylic oxidation sites excluding steroid dienone is 1. The molecular weight excluding hydrogens is 266 g/mol. The number of carbonyl (C=O) groups is 2. The van der Waals surface area contributed by atoms with Crippen molar-refractivity contribution in [3.8, 4) is 0 Å². The summed E-state index contributed by atoms with van der Waals surface area (Å²) in [6, 6.07) is 0. The smallest absolute Gasteiger partial charge is 0.330 e. The Hall–Kier alpha value is -1.63. The van der Waals surface area contributed by atoms with Crippen LogP contribution in [0.3, 0.4) is 0 Å². The predicted molar refractivity (Wildman–Crippen MR) is 74.3 cm³/mol. The molecule has 0 fully saturated rings. The SMILES string of the molecule is COC(=O)/C=C/C(CCC(=O)OC)=N/O[Si](C)(C)C. The molecule has 19 heavy (non-hydrogen) atoms. The first kappa shape index (κ1) is 17.4. The summed E-state index contributed by atoms with van der Waals surface area (Å²) in [5.74, 6) is -0.828. The third kappa shape index (κ3) is 10.0. The van der Waals surface area contributed by atoms with Crippen LogP contribution in [-0.2, 0) is 23.6 Å². The molecule has 7 heteroatoms. The lowest BCUT2D eigenvalue weighted by Crippen LogP contribution is -2.23. The molecule has 0 bridgehead atoms. The van der Waals surface area contributed by atoms with E-state index in [2.05, 4.69) is 14.6 Å². The van der Waals surface area contributed by atoms with Gasteiger partial charge in [0.1, 0.15) is 0 Å². The first-order chi connectivity index (χ1) is 8.78. The lowest BCUT2D eigenvalue weighted by atomic mass is 10.2.